The first-order valence-electron chi connectivity index (χ1n) is 7.80. The summed E-state index contributed by atoms with van der Waals surface area (Å²) in [5.41, 5.74) is 0.661. The fraction of sp³-hybridized carbons (Fsp3) is 0.600. The molecule has 118 valence electrons. The van der Waals surface area contributed by atoms with E-state index in [-0.39, 0.29) is 11.9 Å². The predicted octanol–water partition coefficient (Wildman–Crippen LogP) is 1.59. The van der Waals surface area contributed by atoms with Gasteiger partial charge in [0.15, 0.2) is 0 Å². The third-order valence-corrected chi connectivity index (χ3v) is 4.14. The predicted molar refractivity (Wildman–Crippen MR) is 81.6 cm³/mol. The van der Waals surface area contributed by atoms with E-state index < -0.39 is 0 Å². The molecule has 3 rings (SSSR count). The minimum atomic E-state index is 0.0545. The molecule has 7 heteroatoms. The number of nitrogens with zero attached hydrogens (tertiary/aromatic N) is 6. The van der Waals surface area contributed by atoms with Crippen LogP contribution in [0.4, 0.5) is 0 Å². The molecule has 0 aromatic carbocycles. The van der Waals surface area contributed by atoms with Gasteiger partial charge in [-0.1, -0.05) is 0 Å². The number of aromatic nitrogens is 5. The van der Waals surface area contributed by atoms with E-state index in [1.54, 1.807) is 10.9 Å². The van der Waals surface area contributed by atoms with Gasteiger partial charge in [0.2, 0.25) is 0 Å². The molecule has 0 radical (unpaired) electrons. The van der Waals surface area contributed by atoms with Gasteiger partial charge in [0, 0.05) is 25.8 Å². The van der Waals surface area contributed by atoms with Crippen LogP contribution in [-0.4, -0.2) is 48.4 Å². The van der Waals surface area contributed by atoms with Crippen molar-refractivity contribution in [1.29, 1.82) is 0 Å². The van der Waals surface area contributed by atoms with Crippen LogP contribution in [0.1, 0.15) is 47.8 Å². The van der Waals surface area contributed by atoms with Crippen LogP contribution in [0.25, 0.3) is 0 Å². The second-order valence-electron chi connectivity index (χ2n) is 5.78. The van der Waals surface area contributed by atoms with Gasteiger partial charge in [-0.25, -0.2) is 9.67 Å². The third-order valence-electron chi connectivity index (χ3n) is 4.14. The molecule has 0 spiro atoms. The van der Waals surface area contributed by atoms with Crippen molar-refractivity contribution >= 4 is 5.91 Å². The lowest BCUT2D eigenvalue weighted by Gasteiger charge is -2.32. The van der Waals surface area contributed by atoms with E-state index in [0.717, 1.165) is 37.6 Å². The molecule has 1 amide bonds. The number of carbonyl (C=O) groups is 1. The maximum Gasteiger partial charge on any atom is 0.257 e. The number of piperidine rings is 1. The summed E-state index contributed by atoms with van der Waals surface area (Å²) in [6, 6.07) is 0.208. The van der Waals surface area contributed by atoms with E-state index in [9.17, 15) is 4.79 Å². The number of rotatable bonds is 3. The molecule has 2 aromatic rings. The van der Waals surface area contributed by atoms with Crippen LogP contribution in [0.15, 0.2) is 12.4 Å². The molecule has 0 N–H and O–H groups in total. The second-order valence-corrected chi connectivity index (χ2v) is 5.78. The molecule has 1 aliphatic rings. The maximum atomic E-state index is 12.6. The Morgan fingerprint density at radius 1 is 1.41 bits per heavy atom. The summed E-state index contributed by atoms with van der Waals surface area (Å²) in [6.45, 7) is 8.11. The first-order valence-corrected chi connectivity index (χ1v) is 7.80. The summed E-state index contributed by atoms with van der Waals surface area (Å²) in [7, 11) is 0. The van der Waals surface area contributed by atoms with Gasteiger partial charge in [0.1, 0.15) is 11.6 Å². The minimum Gasteiger partial charge on any atom is -0.336 e. The number of carbonyl (C=O) groups excluding carboxylic acids is 1. The van der Waals surface area contributed by atoms with Crippen molar-refractivity contribution < 1.29 is 4.79 Å². The number of hydrogen-bond acceptors (Lipinski definition) is 4. The monoisotopic (exact) mass is 302 g/mol. The Morgan fingerprint density at radius 3 is 2.86 bits per heavy atom. The van der Waals surface area contributed by atoms with E-state index in [2.05, 4.69) is 15.2 Å². The molecule has 1 atom stereocenters. The molecule has 1 fully saturated rings. The van der Waals surface area contributed by atoms with E-state index in [0.29, 0.717) is 12.1 Å². The van der Waals surface area contributed by atoms with Crippen LogP contribution < -0.4 is 0 Å². The van der Waals surface area contributed by atoms with Gasteiger partial charge in [0.25, 0.3) is 5.91 Å². The van der Waals surface area contributed by atoms with E-state index >= 15 is 0 Å². The number of amides is 1. The van der Waals surface area contributed by atoms with Gasteiger partial charge in [-0.2, -0.15) is 10.2 Å². The zero-order valence-electron chi connectivity index (χ0n) is 13.4. The van der Waals surface area contributed by atoms with Crippen LogP contribution in [0.5, 0.6) is 0 Å². The maximum absolute atomic E-state index is 12.6. The van der Waals surface area contributed by atoms with Crippen molar-refractivity contribution in [3.05, 3.63) is 29.6 Å². The van der Waals surface area contributed by atoms with E-state index in [4.69, 9.17) is 0 Å². The van der Waals surface area contributed by atoms with E-state index in [1.165, 1.54) is 0 Å². The Morgan fingerprint density at radius 2 is 2.23 bits per heavy atom. The molecule has 0 saturated carbocycles. The molecule has 1 aliphatic heterocycles. The van der Waals surface area contributed by atoms with Gasteiger partial charge in [-0.05, 0) is 33.6 Å². The average molecular weight is 302 g/mol. The van der Waals surface area contributed by atoms with Crippen molar-refractivity contribution in [3.8, 4) is 0 Å². The van der Waals surface area contributed by atoms with Gasteiger partial charge in [-0.3, -0.25) is 9.48 Å². The summed E-state index contributed by atoms with van der Waals surface area (Å²) in [5.74, 6) is 1.75. The summed E-state index contributed by atoms with van der Waals surface area (Å²) >= 11 is 0. The molecule has 0 aliphatic carbocycles. The van der Waals surface area contributed by atoms with Crippen LogP contribution in [0.2, 0.25) is 0 Å². The highest BCUT2D eigenvalue weighted by Crippen LogP contribution is 2.23. The summed E-state index contributed by atoms with van der Waals surface area (Å²) in [5, 5.41) is 8.66. The highest BCUT2D eigenvalue weighted by atomic mass is 16.2. The molecular formula is C15H22N6O. The molecule has 22 heavy (non-hydrogen) atoms. The lowest BCUT2D eigenvalue weighted by atomic mass is 10.1. The number of hydrogen-bond donors (Lipinski definition) is 0. The summed E-state index contributed by atoms with van der Waals surface area (Å²) in [6.07, 6.45) is 5.48. The van der Waals surface area contributed by atoms with Gasteiger partial charge < -0.3 is 4.90 Å². The fourth-order valence-corrected chi connectivity index (χ4v) is 3.05. The standard InChI is InChI=1S/C15H22N6O/c1-4-20-9-13(8-16-20)15(22)19-7-5-6-14(10-19)21-12(3)17-11(2)18-21/h8-9,14H,4-7,10H2,1-3H3. The van der Waals surface area contributed by atoms with Crippen LogP contribution in [0, 0.1) is 13.8 Å². The van der Waals surface area contributed by atoms with Crippen LogP contribution in [0.3, 0.4) is 0 Å². The average Bonchev–Trinajstić information content (AvgIpc) is 3.13. The Labute approximate surface area is 129 Å². The van der Waals surface area contributed by atoms with Gasteiger partial charge in [0.05, 0.1) is 17.8 Å². The molecule has 0 bridgehead atoms. The highest BCUT2D eigenvalue weighted by Gasteiger charge is 2.27. The zero-order valence-corrected chi connectivity index (χ0v) is 13.4. The molecule has 3 heterocycles. The summed E-state index contributed by atoms with van der Waals surface area (Å²) in [4.78, 5) is 18.9. The Kier molecular flexibility index (Phi) is 3.96. The Balaban J connectivity index is 1.75. The first kappa shape index (κ1) is 14.7. The lowest BCUT2D eigenvalue weighted by Crippen LogP contribution is -2.41. The number of aryl methyl sites for hydroxylation is 3. The molecular weight excluding hydrogens is 280 g/mol. The van der Waals surface area contributed by atoms with Crippen LogP contribution in [-0.2, 0) is 6.54 Å². The van der Waals surface area contributed by atoms with Crippen molar-refractivity contribution in [1.82, 2.24) is 29.4 Å². The number of likely N-dealkylation sites (tertiary alicyclic amines) is 1. The fourth-order valence-electron chi connectivity index (χ4n) is 3.05. The molecule has 7 nitrogen and oxygen atoms in total. The van der Waals surface area contributed by atoms with Gasteiger partial charge >= 0.3 is 0 Å². The SMILES string of the molecule is CCn1cc(C(=O)N2CCCC(n3nc(C)nc3C)C2)cn1. The summed E-state index contributed by atoms with van der Waals surface area (Å²) < 4.78 is 3.74. The lowest BCUT2D eigenvalue weighted by molar-refractivity contribution is 0.0671. The normalized spacial score (nSPS) is 18.7. The van der Waals surface area contributed by atoms with Gasteiger partial charge in [-0.15, -0.1) is 0 Å². The van der Waals surface area contributed by atoms with Crippen molar-refractivity contribution in [2.75, 3.05) is 13.1 Å². The largest absolute Gasteiger partial charge is 0.336 e. The van der Waals surface area contributed by atoms with Crippen molar-refractivity contribution in [3.63, 3.8) is 0 Å². The zero-order chi connectivity index (χ0) is 15.7. The van der Waals surface area contributed by atoms with Crippen molar-refractivity contribution in [2.24, 2.45) is 0 Å². The second kappa shape index (κ2) is 5.90. The van der Waals surface area contributed by atoms with E-state index in [1.807, 2.05) is 36.5 Å². The van der Waals surface area contributed by atoms with Crippen LogP contribution >= 0.6 is 0 Å². The highest BCUT2D eigenvalue weighted by molar-refractivity contribution is 5.93. The topological polar surface area (TPSA) is 68.8 Å². The quantitative estimate of drug-likeness (QED) is 0.863. The Bertz CT molecular complexity index is 673. The third kappa shape index (κ3) is 2.75. The minimum absolute atomic E-state index is 0.0545. The molecule has 1 saturated heterocycles. The molecule has 2 aromatic heterocycles. The first-order chi connectivity index (χ1) is 10.6. The Hall–Kier alpha value is -2.18. The molecule has 1 unspecified atom stereocenters. The van der Waals surface area contributed by atoms with Crippen molar-refractivity contribution in [2.45, 2.75) is 46.2 Å². The smallest absolute Gasteiger partial charge is 0.257 e.